The van der Waals surface area contributed by atoms with Crippen molar-refractivity contribution in [3.05, 3.63) is 63.7 Å². The summed E-state index contributed by atoms with van der Waals surface area (Å²) in [5.74, 6) is -0.769. The maximum atomic E-state index is 13.6. The van der Waals surface area contributed by atoms with Gasteiger partial charge >= 0.3 is 0 Å². The molecule has 1 unspecified atom stereocenters. The summed E-state index contributed by atoms with van der Waals surface area (Å²) in [5, 5.41) is 12.1. The van der Waals surface area contributed by atoms with Crippen molar-refractivity contribution >= 4 is 35.0 Å². The number of phenolic OH excluding ortho intramolecular Hbond substituents is 1. The first-order valence-electron chi connectivity index (χ1n) is 12.1. The molecule has 9 heteroatoms. The second-order valence-electron chi connectivity index (χ2n) is 9.15. The molecule has 2 amide bonds. The predicted molar refractivity (Wildman–Crippen MR) is 146 cm³/mol. The van der Waals surface area contributed by atoms with Crippen molar-refractivity contribution in [3.8, 4) is 16.9 Å². The van der Waals surface area contributed by atoms with Crippen LogP contribution in [0.5, 0.6) is 5.75 Å². The molecule has 0 bridgehead atoms. The summed E-state index contributed by atoms with van der Waals surface area (Å²) in [6, 6.07) is 8.85. The third kappa shape index (κ3) is 6.21. The van der Waals surface area contributed by atoms with Gasteiger partial charge in [0.25, 0.3) is 5.91 Å². The van der Waals surface area contributed by atoms with Crippen LogP contribution in [0.25, 0.3) is 11.1 Å². The molecule has 2 aromatic carbocycles. The summed E-state index contributed by atoms with van der Waals surface area (Å²) in [5.41, 5.74) is 7.86. The number of phenols is 1. The van der Waals surface area contributed by atoms with E-state index in [1.165, 1.54) is 0 Å². The van der Waals surface area contributed by atoms with Crippen molar-refractivity contribution in [2.45, 2.75) is 19.3 Å². The first-order valence-corrected chi connectivity index (χ1v) is 12.8. The molecule has 0 aromatic heterocycles. The molecule has 0 saturated carbocycles. The zero-order valence-electron chi connectivity index (χ0n) is 21.0. The highest BCUT2D eigenvalue weighted by Gasteiger charge is 2.30. The molecule has 3 N–H and O–H groups in total. The second kappa shape index (κ2) is 12.6. The topological polar surface area (TPSA) is 90.1 Å². The fraction of sp³-hybridized carbons (Fsp3) is 0.407. The lowest BCUT2D eigenvalue weighted by atomic mass is 9.89. The molecule has 0 spiro atoms. The number of likely N-dealkylation sites (N-methyl/N-ethyl adjacent to an activating group) is 1. The Morgan fingerprint density at radius 2 is 1.75 bits per heavy atom. The van der Waals surface area contributed by atoms with Gasteiger partial charge in [0.2, 0.25) is 5.91 Å². The standard InChI is InChI=1S/C27H34Cl2N4O3/c1-4-18(17-30)24-25(29)20(19-8-5-6-9-22(19)28)16-21(26(24)35)27(36)33-14-12-32(13-15-33)23(34)10-7-11-31(2)3/h5-10,16,18,35H,4,11-15,17,30H2,1-3H3/b10-7+. The average molecular weight is 534 g/mol. The van der Waals surface area contributed by atoms with Gasteiger partial charge in [0.1, 0.15) is 5.75 Å². The molecular weight excluding hydrogens is 499 g/mol. The normalized spacial score (nSPS) is 15.1. The van der Waals surface area contributed by atoms with Gasteiger partial charge in [-0.25, -0.2) is 0 Å². The van der Waals surface area contributed by atoms with Crippen molar-refractivity contribution in [1.29, 1.82) is 0 Å². The molecule has 7 nitrogen and oxygen atoms in total. The van der Waals surface area contributed by atoms with E-state index in [2.05, 4.69) is 0 Å². The number of piperazine rings is 1. The van der Waals surface area contributed by atoms with Gasteiger partial charge in [0.15, 0.2) is 0 Å². The smallest absolute Gasteiger partial charge is 0.257 e. The van der Waals surface area contributed by atoms with Crippen molar-refractivity contribution < 1.29 is 14.7 Å². The Hall–Kier alpha value is -2.58. The van der Waals surface area contributed by atoms with Crippen LogP contribution in [0.15, 0.2) is 42.5 Å². The summed E-state index contributed by atoms with van der Waals surface area (Å²) >= 11 is 13.3. The highest BCUT2D eigenvalue weighted by atomic mass is 35.5. The van der Waals surface area contributed by atoms with Crippen LogP contribution < -0.4 is 5.73 Å². The molecule has 0 radical (unpaired) electrons. The van der Waals surface area contributed by atoms with Gasteiger partial charge in [-0.1, -0.05) is 54.4 Å². The van der Waals surface area contributed by atoms with Gasteiger partial charge in [-0.2, -0.15) is 0 Å². The van der Waals surface area contributed by atoms with Crippen LogP contribution in [-0.2, 0) is 4.79 Å². The van der Waals surface area contributed by atoms with Crippen LogP contribution in [0.4, 0.5) is 0 Å². The highest BCUT2D eigenvalue weighted by Crippen LogP contribution is 2.44. The largest absolute Gasteiger partial charge is 0.507 e. The predicted octanol–water partition coefficient (Wildman–Crippen LogP) is 4.22. The number of hydrogen-bond donors (Lipinski definition) is 2. The third-order valence-corrected chi connectivity index (χ3v) is 7.20. The Balaban J connectivity index is 1.91. The van der Waals surface area contributed by atoms with E-state index in [9.17, 15) is 14.7 Å². The van der Waals surface area contributed by atoms with Crippen molar-refractivity contribution in [3.63, 3.8) is 0 Å². The van der Waals surface area contributed by atoms with Crippen LogP contribution in [0.3, 0.4) is 0 Å². The molecule has 1 fully saturated rings. The molecular formula is C27H34Cl2N4O3. The fourth-order valence-electron chi connectivity index (χ4n) is 4.34. The molecule has 1 aliphatic heterocycles. The van der Waals surface area contributed by atoms with Gasteiger partial charge < -0.3 is 25.5 Å². The lowest BCUT2D eigenvalue weighted by Crippen LogP contribution is -2.50. The van der Waals surface area contributed by atoms with Crippen molar-refractivity contribution in [2.75, 3.05) is 53.4 Å². The summed E-state index contributed by atoms with van der Waals surface area (Å²) in [4.78, 5) is 31.4. The zero-order chi connectivity index (χ0) is 26.4. The van der Waals surface area contributed by atoms with Crippen LogP contribution in [0.1, 0.15) is 35.2 Å². The minimum atomic E-state index is -0.319. The van der Waals surface area contributed by atoms with Crippen LogP contribution >= 0.6 is 23.2 Å². The molecule has 194 valence electrons. The number of hydrogen-bond acceptors (Lipinski definition) is 5. The van der Waals surface area contributed by atoms with E-state index < -0.39 is 0 Å². The van der Waals surface area contributed by atoms with Gasteiger partial charge in [0, 0.05) is 66.4 Å². The second-order valence-corrected chi connectivity index (χ2v) is 9.94. The number of nitrogens with two attached hydrogens (primary N) is 1. The molecule has 1 saturated heterocycles. The van der Waals surface area contributed by atoms with Crippen LogP contribution in [-0.4, -0.2) is 85.0 Å². The van der Waals surface area contributed by atoms with E-state index in [0.717, 1.165) is 0 Å². The number of carbonyl (C=O) groups is 2. The zero-order valence-corrected chi connectivity index (χ0v) is 22.5. The number of nitrogens with zero attached hydrogens (tertiary/aromatic N) is 3. The van der Waals surface area contributed by atoms with Gasteiger partial charge in [0.05, 0.1) is 10.6 Å². The lowest BCUT2D eigenvalue weighted by Gasteiger charge is -2.34. The van der Waals surface area contributed by atoms with E-state index in [0.29, 0.717) is 65.9 Å². The number of aromatic hydroxyl groups is 1. The van der Waals surface area contributed by atoms with Crippen LogP contribution in [0.2, 0.25) is 10.0 Å². The van der Waals surface area contributed by atoms with E-state index in [-0.39, 0.29) is 35.6 Å². The van der Waals surface area contributed by atoms with Crippen molar-refractivity contribution in [2.24, 2.45) is 5.73 Å². The third-order valence-electron chi connectivity index (χ3n) is 6.46. The number of amides is 2. The monoisotopic (exact) mass is 532 g/mol. The first-order chi connectivity index (χ1) is 17.2. The van der Waals surface area contributed by atoms with Crippen molar-refractivity contribution in [1.82, 2.24) is 14.7 Å². The SMILES string of the molecule is CCC(CN)c1c(O)c(C(=O)N2CCN(C(=O)/C=C/CN(C)C)CC2)cc(-c2ccccc2Cl)c1Cl. The Bertz CT molecular complexity index is 1120. The number of carbonyl (C=O) groups excluding carboxylic acids is 2. The fourth-order valence-corrected chi connectivity index (χ4v) is 4.98. The number of halogens is 2. The summed E-state index contributed by atoms with van der Waals surface area (Å²) in [7, 11) is 3.87. The van der Waals surface area contributed by atoms with Gasteiger partial charge in [-0.3, -0.25) is 9.59 Å². The van der Waals surface area contributed by atoms with E-state index >= 15 is 0 Å². The Kier molecular flexibility index (Phi) is 9.79. The number of rotatable bonds is 8. The number of benzene rings is 2. The van der Waals surface area contributed by atoms with E-state index in [1.54, 1.807) is 28.0 Å². The molecule has 1 aliphatic rings. The molecule has 3 rings (SSSR count). The lowest BCUT2D eigenvalue weighted by molar-refractivity contribution is -0.127. The molecule has 0 aliphatic carbocycles. The van der Waals surface area contributed by atoms with Crippen LogP contribution in [0, 0.1) is 0 Å². The minimum absolute atomic E-state index is 0.0738. The van der Waals surface area contributed by atoms with Gasteiger partial charge in [-0.05, 0) is 39.2 Å². The molecule has 2 aromatic rings. The summed E-state index contributed by atoms with van der Waals surface area (Å²) in [6.07, 6.45) is 4.04. The summed E-state index contributed by atoms with van der Waals surface area (Å²) < 4.78 is 0. The molecule has 1 atom stereocenters. The minimum Gasteiger partial charge on any atom is -0.507 e. The van der Waals surface area contributed by atoms with E-state index in [4.69, 9.17) is 28.9 Å². The maximum absolute atomic E-state index is 13.6. The molecule has 36 heavy (non-hydrogen) atoms. The molecule has 1 heterocycles. The quantitative estimate of drug-likeness (QED) is 0.496. The Morgan fingerprint density at radius 3 is 2.33 bits per heavy atom. The van der Waals surface area contributed by atoms with E-state index in [1.807, 2.05) is 50.2 Å². The summed E-state index contributed by atoms with van der Waals surface area (Å²) in [6.45, 7) is 4.45. The first kappa shape index (κ1) is 28.0. The Morgan fingerprint density at radius 1 is 1.11 bits per heavy atom. The van der Waals surface area contributed by atoms with Gasteiger partial charge in [-0.15, -0.1) is 0 Å². The Labute approximate surface area is 223 Å². The average Bonchev–Trinajstić information content (AvgIpc) is 2.86. The maximum Gasteiger partial charge on any atom is 0.257 e. The highest BCUT2D eigenvalue weighted by molar-refractivity contribution is 6.37.